The van der Waals surface area contributed by atoms with Crippen LogP contribution in [-0.4, -0.2) is 24.2 Å². The number of thiocarbonyl (C=S) groups is 1. The molecule has 5 heteroatoms. The van der Waals surface area contributed by atoms with E-state index < -0.39 is 0 Å². The zero-order valence-electron chi connectivity index (χ0n) is 18.1. The van der Waals surface area contributed by atoms with Gasteiger partial charge in [-0.05, 0) is 53.8 Å². The highest BCUT2D eigenvalue weighted by molar-refractivity contribution is 7.80. The summed E-state index contributed by atoms with van der Waals surface area (Å²) in [5.41, 5.74) is 4.66. The van der Waals surface area contributed by atoms with E-state index in [1.807, 2.05) is 36.5 Å². The lowest BCUT2D eigenvalue weighted by Crippen LogP contribution is -2.07. The van der Waals surface area contributed by atoms with Crippen molar-refractivity contribution in [3.05, 3.63) is 96.2 Å². The summed E-state index contributed by atoms with van der Waals surface area (Å²) in [5, 5.41) is 4.67. The molecule has 0 aliphatic heterocycles. The van der Waals surface area contributed by atoms with Crippen LogP contribution in [0.1, 0.15) is 43.5 Å². The van der Waals surface area contributed by atoms with Gasteiger partial charge >= 0.3 is 0 Å². The van der Waals surface area contributed by atoms with Gasteiger partial charge in [-0.3, -0.25) is 0 Å². The molecule has 4 rings (SSSR count). The van der Waals surface area contributed by atoms with E-state index >= 15 is 0 Å². The van der Waals surface area contributed by atoms with Crippen LogP contribution in [0.15, 0.2) is 79.4 Å². The molecule has 0 saturated carbocycles. The predicted octanol–water partition coefficient (Wildman–Crippen LogP) is 6.00. The first kappa shape index (κ1) is 21.2. The van der Waals surface area contributed by atoms with Gasteiger partial charge in [0.2, 0.25) is 0 Å². The van der Waals surface area contributed by atoms with Gasteiger partial charge in [0.15, 0.2) is 5.82 Å². The topological polar surface area (TPSA) is 35.6 Å². The van der Waals surface area contributed by atoms with E-state index in [1.54, 1.807) is 10.9 Å². The van der Waals surface area contributed by atoms with E-state index in [9.17, 15) is 0 Å². The van der Waals surface area contributed by atoms with E-state index in [0.717, 1.165) is 22.8 Å². The molecule has 158 valence electrons. The molecule has 0 bridgehead atoms. The zero-order chi connectivity index (χ0) is 21.6. The number of rotatable bonds is 9. The minimum Gasteiger partial charge on any atom is -0.323 e. The minimum atomic E-state index is 0.646. The summed E-state index contributed by atoms with van der Waals surface area (Å²) in [6.07, 6.45) is 12.4. The highest BCUT2D eigenvalue weighted by atomic mass is 32.1. The predicted molar refractivity (Wildman–Crippen MR) is 130 cm³/mol. The Labute approximate surface area is 189 Å². The van der Waals surface area contributed by atoms with Gasteiger partial charge in [0, 0.05) is 41.8 Å². The molecule has 0 aliphatic rings. The lowest BCUT2D eigenvalue weighted by molar-refractivity contribution is 0.521. The van der Waals surface area contributed by atoms with Crippen molar-refractivity contribution < 1.29 is 0 Å². The second-order valence-electron chi connectivity index (χ2n) is 8.08. The molecule has 0 radical (unpaired) electrons. The Hall–Kier alpha value is -3.05. The quantitative estimate of drug-likeness (QED) is 0.242. The van der Waals surface area contributed by atoms with Crippen LogP contribution >= 0.6 is 12.2 Å². The van der Waals surface area contributed by atoms with Crippen LogP contribution in [0.25, 0.3) is 11.5 Å². The first-order chi connectivity index (χ1) is 15.1. The fourth-order valence-electron chi connectivity index (χ4n) is 3.95. The molecule has 3 aromatic heterocycles. The van der Waals surface area contributed by atoms with E-state index in [4.69, 9.17) is 12.2 Å². The van der Waals surface area contributed by atoms with Gasteiger partial charge in [0.05, 0.1) is 5.69 Å². The molecule has 31 heavy (non-hydrogen) atoms. The van der Waals surface area contributed by atoms with Crippen LogP contribution in [0, 0.1) is 5.92 Å². The van der Waals surface area contributed by atoms with Crippen molar-refractivity contribution in [3.8, 4) is 11.5 Å². The Morgan fingerprint density at radius 3 is 2.52 bits per heavy atom. The fraction of sp³-hybridized carbons (Fsp3) is 0.269. The van der Waals surface area contributed by atoms with Crippen molar-refractivity contribution in [1.29, 1.82) is 0 Å². The van der Waals surface area contributed by atoms with Gasteiger partial charge in [-0.2, -0.15) is 5.10 Å². The van der Waals surface area contributed by atoms with Crippen molar-refractivity contribution in [2.24, 2.45) is 5.92 Å². The van der Waals surface area contributed by atoms with Crippen molar-refractivity contribution >= 4 is 17.1 Å². The molecular weight excluding hydrogens is 400 g/mol. The minimum absolute atomic E-state index is 0.646. The molecule has 1 atom stereocenters. The molecule has 0 aliphatic carbocycles. The molecule has 1 aromatic carbocycles. The lowest BCUT2D eigenvalue weighted by Gasteiger charge is -2.10. The van der Waals surface area contributed by atoms with E-state index in [-0.39, 0.29) is 0 Å². The van der Waals surface area contributed by atoms with Gasteiger partial charge in [-0.15, -0.1) is 0 Å². The lowest BCUT2D eigenvalue weighted by atomic mass is 9.95. The second-order valence-corrected chi connectivity index (χ2v) is 8.58. The first-order valence-electron chi connectivity index (χ1n) is 10.9. The van der Waals surface area contributed by atoms with Crippen LogP contribution in [0.3, 0.4) is 0 Å². The van der Waals surface area contributed by atoms with Gasteiger partial charge < -0.3 is 4.57 Å². The molecule has 0 saturated heterocycles. The van der Waals surface area contributed by atoms with Crippen molar-refractivity contribution in [3.63, 3.8) is 0 Å². The van der Waals surface area contributed by atoms with E-state index in [2.05, 4.69) is 65.2 Å². The summed E-state index contributed by atoms with van der Waals surface area (Å²) in [7, 11) is 0. The molecular formula is C26H28N4S. The Bertz CT molecular complexity index is 1130. The molecule has 4 aromatic rings. The summed E-state index contributed by atoms with van der Waals surface area (Å²) in [5.74, 6) is 1.44. The number of benzene rings is 1. The maximum atomic E-state index is 5.81. The van der Waals surface area contributed by atoms with Gasteiger partial charge in [-0.25, -0.2) is 9.67 Å². The van der Waals surface area contributed by atoms with E-state index in [1.165, 1.54) is 29.7 Å². The molecule has 0 N–H and O–H groups in total. The van der Waals surface area contributed by atoms with Gasteiger partial charge in [0.1, 0.15) is 0 Å². The summed E-state index contributed by atoms with van der Waals surface area (Å²) < 4.78 is 4.00. The van der Waals surface area contributed by atoms with Crippen molar-refractivity contribution in [2.45, 2.75) is 39.5 Å². The number of aromatic nitrogens is 4. The monoisotopic (exact) mass is 428 g/mol. The standard InChI is InChI=1S/C26H28N4S/c1-3-9-20(2)16-21-18-29(23-10-5-4-6-11-23)19-22(21)17-25(31)24-13-15-30(28-24)26-12-7-8-14-27-26/h4-8,10-15,18-20H,3,9,16-17H2,1-2H3. The molecule has 4 nitrogen and oxygen atoms in total. The average molecular weight is 429 g/mol. The third-order valence-electron chi connectivity index (χ3n) is 5.52. The van der Waals surface area contributed by atoms with Gasteiger partial charge in [-0.1, -0.05) is 63.2 Å². The normalized spacial score (nSPS) is 12.1. The van der Waals surface area contributed by atoms with Crippen LogP contribution in [-0.2, 0) is 12.8 Å². The first-order valence-corrected chi connectivity index (χ1v) is 11.3. The zero-order valence-corrected chi connectivity index (χ0v) is 18.9. The average Bonchev–Trinajstić information content (AvgIpc) is 3.43. The number of hydrogen-bond donors (Lipinski definition) is 0. The van der Waals surface area contributed by atoms with Crippen molar-refractivity contribution in [2.75, 3.05) is 0 Å². The highest BCUT2D eigenvalue weighted by Crippen LogP contribution is 2.23. The fourth-order valence-corrected chi connectivity index (χ4v) is 4.22. The summed E-state index contributed by atoms with van der Waals surface area (Å²) >= 11 is 5.81. The maximum Gasteiger partial charge on any atom is 0.153 e. The Balaban J connectivity index is 1.58. The second kappa shape index (κ2) is 9.84. The van der Waals surface area contributed by atoms with E-state index in [0.29, 0.717) is 12.3 Å². The molecule has 0 spiro atoms. The summed E-state index contributed by atoms with van der Waals surface area (Å²) in [6, 6.07) is 18.2. The number of para-hydroxylation sites is 1. The summed E-state index contributed by atoms with van der Waals surface area (Å²) in [4.78, 5) is 5.21. The Kier molecular flexibility index (Phi) is 6.73. The third kappa shape index (κ3) is 5.17. The SMILES string of the molecule is CCCC(C)Cc1cn(-c2ccccc2)cc1CC(=S)c1ccn(-c2ccccn2)n1. The molecule has 3 heterocycles. The Morgan fingerprint density at radius 2 is 1.77 bits per heavy atom. The largest absolute Gasteiger partial charge is 0.323 e. The maximum absolute atomic E-state index is 5.81. The van der Waals surface area contributed by atoms with Crippen LogP contribution < -0.4 is 0 Å². The van der Waals surface area contributed by atoms with Crippen LogP contribution in [0.5, 0.6) is 0 Å². The molecule has 0 amide bonds. The smallest absolute Gasteiger partial charge is 0.153 e. The molecule has 0 fully saturated rings. The van der Waals surface area contributed by atoms with Crippen LogP contribution in [0.4, 0.5) is 0 Å². The number of nitrogens with zero attached hydrogens (tertiary/aromatic N) is 4. The third-order valence-corrected chi connectivity index (χ3v) is 5.87. The Morgan fingerprint density at radius 1 is 1.00 bits per heavy atom. The molecule has 1 unspecified atom stereocenters. The van der Waals surface area contributed by atoms with Gasteiger partial charge in [0.25, 0.3) is 0 Å². The highest BCUT2D eigenvalue weighted by Gasteiger charge is 2.15. The summed E-state index contributed by atoms with van der Waals surface area (Å²) in [6.45, 7) is 4.58. The van der Waals surface area contributed by atoms with Crippen LogP contribution in [0.2, 0.25) is 0 Å². The van der Waals surface area contributed by atoms with Crippen molar-refractivity contribution in [1.82, 2.24) is 19.3 Å². The number of pyridine rings is 1. The number of hydrogen-bond acceptors (Lipinski definition) is 3.